The van der Waals surface area contributed by atoms with Crippen molar-refractivity contribution >= 4 is 17.1 Å². The molecule has 0 spiro atoms. The molecule has 114 valence electrons. The summed E-state index contributed by atoms with van der Waals surface area (Å²) in [6, 6.07) is 7.08. The topological polar surface area (TPSA) is 50.4 Å². The van der Waals surface area contributed by atoms with Crippen LogP contribution in [0.3, 0.4) is 0 Å². The molecule has 0 aliphatic rings. The fourth-order valence-corrected chi connectivity index (χ4v) is 2.96. The summed E-state index contributed by atoms with van der Waals surface area (Å²) in [4.78, 5) is 13.1. The van der Waals surface area contributed by atoms with Gasteiger partial charge in [-0.25, -0.2) is 0 Å². The van der Waals surface area contributed by atoms with E-state index >= 15 is 0 Å². The Kier molecular flexibility index (Phi) is 6.51. The van der Waals surface area contributed by atoms with Crippen LogP contribution in [0.15, 0.2) is 29.8 Å². The van der Waals surface area contributed by atoms with Crippen molar-refractivity contribution in [1.29, 1.82) is 0 Å². The van der Waals surface area contributed by atoms with Crippen LogP contribution in [0.5, 0.6) is 5.75 Å². The number of benzene rings is 1. The first-order chi connectivity index (χ1) is 9.52. The highest BCUT2D eigenvalue weighted by Crippen LogP contribution is 2.20. The van der Waals surface area contributed by atoms with E-state index < -0.39 is 6.10 Å². The second-order valence-electron chi connectivity index (χ2n) is 4.63. The van der Waals surface area contributed by atoms with Gasteiger partial charge in [-0.15, -0.1) is 0 Å². The molecule has 0 fully saturated rings. The monoisotopic (exact) mass is 371 g/mol. The molecule has 0 amide bonds. The zero-order valence-electron chi connectivity index (χ0n) is 12.2. The highest BCUT2D eigenvalue weighted by molar-refractivity contribution is 7.09. The summed E-state index contributed by atoms with van der Waals surface area (Å²) in [6.07, 6.45) is -0.502. The first kappa shape index (κ1) is 17.8. The van der Waals surface area contributed by atoms with Crippen LogP contribution in [0.25, 0.3) is 0 Å². The van der Waals surface area contributed by atoms with Gasteiger partial charge in [0.05, 0.1) is 13.2 Å². The highest BCUT2D eigenvalue weighted by atomic mass is 79.9. The first-order valence-electron chi connectivity index (χ1n) is 6.35. The van der Waals surface area contributed by atoms with E-state index in [-0.39, 0.29) is 29.3 Å². The summed E-state index contributed by atoms with van der Waals surface area (Å²) in [5.41, 5.74) is 3.47. The highest BCUT2D eigenvalue weighted by Gasteiger charge is 2.21. The average Bonchev–Trinajstić information content (AvgIpc) is 2.80. The number of aliphatic hydroxyl groups excluding tert-OH is 1. The Hall–Kier alpha value is -1.24. The van der Waals surface area contributed by atoms with Gasteiger partial charge in [-0.05, 0) is 31.2 Å². The maximum atomic E-state index is 12.2. The zero-order valence-corrected chi connectivity index (χ0v) is 14.6. The molecule has 2 aromatic rings. The standard InChI is InChI=1S/C15H18NO3S.BrH/c1-10-15(11(2)17)20-9-16(10)8-14(18)12-4-6-13(19-3)7-5-12;/h4-7,9,11,17H,8H2,1-3H3;1H/q+1;/p-1. The average molecular weight is 372 g/mol. The lowest BCUT2D eigenvalue weighted by molar-refractivity contribution is -0.684. The number of halogens is 1. The van der Waals surface area contributed by atoms with Gasteiger partial charge in [-0.2, -0.15) is 4.57 Å². The molecule has 1 aromatic heterocycles. The molecule has 1 N–H and O–H groups in total. The van der Waals surface area contributed by atoms with E-state index in [1.165, 1.54) is 11.3 Å². The number of carbonyl (C=O) groups is 1. The molecule has 1 unspecified atom stereocenters. The van der Waals surface area contributed by atoms with Gasteiger partial charge in [0, 0.05) is 12.5 Å². The number of aromatic nitrogens is 1. The number of ketones is 1. The number of hydrogen-bond acceptors (Lipinski definition) is 4. The lowest BCUT2D eigenvalue weighted by atomic mass is 10.1. The number of rotatable bonds is 5. The zero-order chi connectivity index (χ0) is 14.7. The lowest BCUT2D eigenvalue weighted by Crippen LogP contribution is -3.00. The van der Waals surface area contributed by atoms with Crippen molar-refractivity contribution in [2.75, 3.05) is 7.11 Å². The van der Waals surface area contributed by atoms with E-state index in [0.29, 0.717) is 5.56 Å². The third-order valence-corrected chi connectivity index (χ3v) is 4.45. The van der Waals surface area contributed by atoms with Crippen LogP contribution in [0.1, 0.15) is 34.0 Å². The van der Waals surface area contributed by atoms with Crippen molar-refractivity contribution in [2.45, 2.75) is 26.5 Å². The third-order valence-electron chi connectivity index (χ3n) is 3.20. The molecular weight excluding hydrogens is 354 g/mol. The molecule has 6 heteroatoms. The molecule has 21 heavy (non-hydrogen) atoms. The molecule has 1 atom stereocenters. The fraction of sp³-hybridized carbons (Fsp3) is 0.333. The van der Waals surface area contributed by atoms with Crippen molar-refractivity contribution in [2.24, 2.45) is 0 Å². The molecule has 0 saturated carbocycles. The third kappa shape index (κ3) is 4.12. The quantitative estimate of drug-likeness (QED) is 0.558. The maximum absolute atomic E-state index is 12.2. The number of Topliss-reactive ketones (excluding diaryl/α,β-unsaturated/α-hetero) is 1. The summed E-state index contributed by atoms with van der Waals surface area (Å²) in [7, 11) is 1.60. The molecule has 1 aromatic carbocycles. The Bertz CT molecular complexity index is 608. The summed E-state index contributed by atoms with van der Waals surface area (Å²) >= 11 is 1.47. The first-order valence-corrected chi connectivity index (χ1v) is 7.23. The number of aliphatic hydroxyl groups is 1. The van der Waals surface area contributed by atoms with Crippen LogP contribution in [0.2, 0.25) is 0 Å². The minimum absolute atomic E-state index is 0. The van der Waals surface area contributed by atoms with Gasteiger partial charge in [0.15, 0.2) is 5.69 Å². The Morgan fingerprint density at radius 1 is 1.38 bits per heavy atom. The number of methoxy groups -OCH3 is 1. The number of carbonyl (C=O) groups excluding carboxylic acids is 1. The van der Waals surface area contributed by atoms with E-state index in [1.54, 1.807) is 38.3 Å². The Morgan fingerprint density at radius 3 is 2.48 bits per heavy atom. The maximum Gasteiger partial charge on any atom is 0.227 e. The summed E-state index contributed by atoms with van der Waals surface area (Å²) in [5, 5.41) is 9.62. The lowest BCUT2D eigenvalue weighted by Gasteiger charge is -2.02. The summed E-state index contributed by atoms with van der Waals surface area (Å²) < 4.78 is 6.95. The minimum Gasteiger partial charge on any atom is -1.00 e. The Labute approximate surface area is 138 Å². The van der Waals surface area contributed by atoms with Gasteiger partial charge in [0.1, 0.15) is 10.6 Å². The van der Waals surface area contributed by atoms with Crippen LogP contribution in [0, 0.1) is 6.92 Å². The molecule has 0 saturated heterocycles. The van der Waals surface area contributed by atoms with Gasteiger partial charge >= 0.3 is 0 Å². The smallest absolute Gasteiger partial charge is 0.227 e. The SMILES string of the molecule is COc1ccc(C(=O)C[n+]2csc(C(C)O)c2C)cc1.[Br-]. The normalized spacial score (nSPS) is 11.6. The van der Waals surface area contributed by atoms with Crippen LogP contribution in [-0.2, 0) is 6.54 Å². The molecule has 0 radical (unpaired) electrons. The van der Waals surface area contributed by atoms with Gasteiger partial charge in [-0.1, -0.05) is 11.3 Å². The van der Waals surface area contributed by atoms with Gasteiger partial charge in [0.25, 0.3) is 0 Å². The van der Waals surface area contributed by atoms with Crippen LogP contribution >= 0.6 is 11.3 Å². The van der Waals surface area contributed by atoms with E-state index in [9.17, 15) is 9.90 Å². The predicted molar refractivity (Wildman–Crippen MR) is 77.2 cm³/mol. The number of nitrogens with zero attached hydrogens (tertiary/aromatic N) is 1. The van der Waals surface area contributed by atoms with E-state index in [2.05, 4.69) is 0 Å². The van der Waals surface area contributed by atoms with Crippen LogP contribution < -0.4 is 26.3 Å². The van der Waals surface area contributed by atoms with Crippen molar-refractivity contribution in [3.8, 4) is 5.75 Å². The van der Waals surface area contributed by atoms with Crippen LogP contribution in [-0.4, -0.2) is 18.0 Å². The summed E-state index contributed by atoms with van der Waals surface area (Å²) in [6.45, 7) is 3.93. The van der Waals surface area contributed by atoms with Gasteiger partial charge in [0.2, 0.25) is 17.8 Å². The predicted octanol–water partition coefficient (Wildman–Crippen LogP) is -0.707. The molecular formula is C15H18BrNO3S. The number of thiazole rings is 1. The molecule has 2 rings (SSSR count). The van der Waals surface area contributed by atoms with Crippen molar-refractivity contribution in [3.63, 3.8) is 0 Å². The minimum atomic E-state index is -0.502. The molecule has 4 nitrogen and oxygen atoms in total. The van der Waals surface area contributed by atoms with Gasteiger partial charge in [-0.3, -0.25) is 4.79 Å². The van der Waals surface area contributed by atoms with Crippen LogP contribution in [0.4, 0.5) is 0 Å². The molecule has 0 aliphatic heterocycles. The Balaban J connectivity index is 0.00000220. The van der Waals surface area contributed by atoms with E-state index in [1.807, 2.05) is 17.0 Å². The Morgan fingerprint density at radius 2 is 2.00 bits per heavy atom. The molecule has 0 bridgehead atoms. The second kappa shape index (κ2) is 7.68. The van der Waals surface area contributed by atoms with E-state index in [4.69, 9.17) is 4.74 Å². The fourth-order valence-electron chi connectivity index (χ4n) is 2.01. The van der Waals surface area contributed by atoms with E-state index in [0.717, 1.165) is 16.3 Å². The summed E-state index contributed by atoms with van der Waals surface area (Å²) in [5.74, 6) is 0.771. The molecule has 1 heterocycles. The molecule has 0 aliphatic carbocycles. The van der Waals surface area contributed by atoms with Crippen molar-refractivity contribution < 1.29 is 36.2 Å². The number of hydrogen-bond donors (Lipinski definition) is 1. The largest absolute Gasteiger partial charge is 1.00 e. The van der Waals surface area contributed by atoms with Gasteiger partial charge < -0.3 is 26.8 Å². The van der Waals surface area contributed by atoms with Crippen molar-refractivity contribution in [1.82, 2.24) is 0 Å². The second-order valence-corrected chi connectivity index (χ2v) is 5.51. The number of ether oxygens (including phenoxy) is 1. The van der Waals surface area contributed by atoms with Crippen molar-refractivity contribution in [3.05, 3.63) is 45.9 Å².